The minimum Gasteiger partial charge on any atom is -0.352 e. The molecule has 0 saturated carbocycles. The fraction of sp³-hybridized carbons (Fsp3) is 0.529. The summed E-state index contributed by atoms with van der Waals surface area (Å²) in [6.45, 7) is 4.57. The van der Waals surface area contributed by atoms with E-state index in [1.807, 2.05) is 18.4 Å². The van der Waals surface area contributed by atoms with Crippen molar-refractivity contribution in [2.75, 3.05) is 18.6 Å². The van der Waals surface area contributed by atoms with E-state index in [9.17, 15) is 9.59 Å². The second-order valence-electron chi connectivity index (χ2n) is 6.02. The second kappa shape index (κ2) is 10.2. The first-order valence-corrected chi connectivity index (χ1v) is 9.42. The molecule has 0 saturated heterocycles. The number of hydrogen-bond acceptors (Lipinski definition) is 4. The summed E-state index contributed by atoms with van der Waals surface area (Å²) >= 11 is 1.60. The molecular weight excluding hydrogens is 324 g/mol. The van der Waals surface area contributed by atoms with Crippen LogP contribution >= 0.6 is 11.8 Å². The zero-order valence-corrected chi connectivity index (χ0v) is 15.4. The largest absolute Gasteiger partial charge is 0.352 e. The number of thioether (sulfide) groups is 1. The lowest BCUT2D eigenvalue weighted by Crippen LogP contribution is -2.49. The van der Waals surface area contributed by atoms with Crippen molar-refractivity contribution in [3.8, 4) is 0 Å². The minimum atomic E-state index is -0.704. The minimum absolute atomic E-state index is 0.267. The molecule has 0 aliphatic rings. The molecule has 1 rings (SSSR count). The summed E-state index contributed by atoms with van der Waals surface area (Å²) in [5.74, 6) is 0.949. The quantitative estimate of drug-likeness (QED) is 0.542. The Morgan fingerprint density at radius 1 is 1.17 bits per heavy atom. The summed E-state index contributed by atoms with van der Waals surface area (Å²) < 4.78 is 0. The van der Waals surface area contributed by atoms with Gasteiger partial charge in [-0.05, 0) is 35.5 Å². The van der Waals surface area contributed by atoms with Crippen LogP contribution in [0.4, 0.5) is 4.79 Å². The predicted molar refractivity (Wildman–Crippen MR) is 100.0 cm³/mol. The molecule has 0 fully saturated rings. The van der Waals surface area contributed by atoms with Crippen molar-refractivity contribution in [1.82, 2.24) is 10.6 Å². The average molecular weight is 353 g/mol. The summed E-state index contributed by atoms with van der Waals surface area (Å²) in [7, 11) is 0. The van der Waals surface area contributed by atoms with Crippen molar-refractivity contribution in [1.29, 1.82) is 0 Å². The van der Waals surface area contributed by atoms with Gasteiger partial charge in [-0.25, -0.2) is 4.79 Å². The van der Waals surface area contributed by atoms with Gasteiger partial charge in [-0.2, -0.15) is 11.8 Å². The smallest absolute Gasteiger partial charge is 0.312 e. The van der Waals surface area contributed by atoms with Crippen molar-refractivity contribution in [2.45, 2.75) is 38.3 Å². The van der Waals surface area contributed by atoms with Crippen LogP contribution in [0.1, 0.15) is 43.4 Å². The number of nitrogens with two attached hydrogens (primary N) is 2. The SMILES string of the molecule is CSCCC(NC(N)=O)C(=O)NCC(N)c1ccc(C(C)C)cc1. The van der Waals surface area contributed by atoms with E-state index in [0.717, 1.165) is 11.3 Å². The van der Waals surface area contributed by atoms with Gasteiger partial charge in [-0.15, -0.1) is 0 Å². The molecule has 2 atom stereocenters. The van der Waals surface area contributed by atoms with Gasteiger partial charge in [0, 0.05) is 12.6 Å². The molecule has 24 heavy (non-hydrogen) atoms. The molecule has 0 aromatic heterocycles. The highest BCUT2D eigenvalue weighted by atomic mass is 32.2. The summed E-state index contributed by atoms with van der Waals surface area (Å²) in [5.41, 5.74) is 13.5. The van der Waals surface area contributed by atoms with Crippen LogP contribution in [0.25, 0.3) is 0 Å². The first-order chi connectivity index (χ1) is 11.3. The summed E-state index contributed by atoms with van der Waals surface area (Å²) in [6, 6.07) is 6.44. The van der Waals surface area contributed by atoms with Crippen molar-refractivity contribution in [2.24, 2.45) is 11.5 Å². The van der Waals surface area contributed by atoms with Gasteiger partial charge in [-0.1, -0.05) is 38.1 Å². The Kier molecular flexibility index (Phi) is 8.63. The molecule has 1 aromatic carbocycles. The predicted octanol–water partition coefficient (Wildman–Crippen LogP) is 1.72. The van der Waals surface area contributed by atoms with Crippen LogP contribution < -0.4 is 22.1 Å². The van der Waals surface area contributed by atoms with Gasteiger partial charge in [0.05, 0.1) is 0 Å². The van der Waals surface area contributed by atoms with Crippen molar-refractivity contribution in [3.05, 3.63) is 35.4 Å². The van der Waals surface area contributed by atoms with Crippen LogP contribution in [-0.4, -0.2) is 36.5 Å². The van der Waals surface area contributed by atoms with Crippen LogP contribution in [0.15, 0.2) is 24.3 Å². The van der Waals surface area contributed by atoms with Gasteiger partial charge in [0.25, 0.3) is 0 Å². The van der Waals surface area contributed by atoms with E-state index in [1.165, 1.54) is 5.56 Å². The monoisotopic (exact) mass is 352 g/mol. The van der Waals surface area contributed by atoms with E-state index < -0.39 is 12.1 Å². The van der Waals surface area contributed by atoms with Crippen LogP contribution in [-0.2, 0) is 4.79 Å². The first-order valence-electron chi connectivity index (χ1n) is 8.03. The summed E-state index contributed by atoms with van der Waals surface area (Å²) in [5, 5.41) is 5.26. The number of primary amides is 1. The molecule has 1 aromatic rings. The maximum atomic E-state index is 12.2. The molecule has 7 heteroatoms. The van der Waals surface area contributed by atoms with E-state index >= 15 is 0 Å². The van der Waals surface area contributed by atoms with Crippen LogP contribution in [0, 0.1) is 0 Å². The molecule has 0 heterocycles. The van der Waals surface area contributed by atoms with Crippen LogP contribution in [0.5, 0.6) is 0 Å². The maximum Gasteiger partial charge on any atom is 0.312 e. The van der Waals surface area contributed by atoms with Crippen molar-refractivity contribution >= 4 is 23.7 Å². The Hall–Kier alpha value is -1.73. The lowest BCUT2D eigenvalue weighted by atomic mass is 9.99. The first kappa shape index (κ1) is 20.3. The molecule has 3 amide bonds. The zero-order valence-electron chi connectivity index (χ0n) is 14.5. The number of carbonyl (C=O) groups is 2. The number of nitrogens with one attached hydrogen (secondary N) is 2. The molecule has 0 bridgehead atoms. The number of hydrogen-bond donors (Lipinski definition) is 4. The topological polar surface area (TPSA) is 110 Å². The van der Waals surface area contributed by atoms with E-state index in [0.29, 0.717) is 18.9 Å². The van der Waals surface area contributed by atoms with Gasteiger partial charge in [-0.3, -0.25) is 4.79 Å². The zero-order chi connectivity index (χ0) is 18.1. The fourth-order valence-corrected chi connectivity index (χ4v) is 2.73. The van der Waals surface area contributed by atoms with E-state index in [-0.39, 0.29) is 11.9 Å². The molecule has 0 radical (unpaired) electrons. The molecule has 2 unspecified atom stereocenters. The Labute approximate surface area is 148 Å². The van der Waals surface area contributed by atoms with Gasteiger partial charge >= 0.3 is 6.03 Å². The Morgan fingerprint density at radius 3 is 2.25 bits per heavy atom. The highest BCUT2D eigenvalue weighted by Gasteiger charge is 2.20. The van der Waals surface area contributed by atoms with E-state index in [2.05, 4.69) is 36.6 Å². The van der Waals surface area contributed by atoms with Crippen LogP contribution in [0.3, 0.4) is 0 Å². The molecule has 6 N–H and O–H groups in total. The van der Waals surface area contributed by atoms with Crippen LogP contribution in [0.2, 0.25) is 0 Å². The molecule has 134 valence electrons. The van der Waals surface area contributed by atoms with Gasteiger partial charge in [0.1, 0.15) is 6.04 Å². The molecule has 6 nitrogen and oxygen atoms in total. The lowest BCUT2D eigenvalue weighted by molar-refractivity contribution is -0.123. The maximum absolute atomic E-state index is 12.2. The number of rotatable bonds is 9. The lowest BCUT2D eigenvalue weighted by Gasteiger charge is -2.19. The Morgan fingerprint density at radius 2 is 1.75 bits per heavy atom. The average Bonchev–Trinajstić information content (AvgIpc) is 2.55. The number of benzene rings is 1. The fourth-order valence-electron chi connectivity index (χ4n) is 2.26. The molecule has 0 spiro atoms. The van der Waals surface area contributed by atoms with Gasteiger partial charge < -0.3 is 22.1 Å². The molecule has 0 aliphatic heterocycles. The second-order valence-corrected chi connectivity index (χ2v) is 7.00. The number of urea groups is 1. The summed E-state index contributed by atoms with van der Waals surface area (Å²) in [6.07, 6.45) is 2.46. The van der Waals surface area contributed by atoms with Gasteiger partial charge in [0.15, 0.2) is 0 Å². The standard InChI is InChI=1S/C17H28N4O2S/c1-11(2)12-4-6-13(7-5-12)14(18)10-20-16(22)15(8-9-24-3)21-17(19)23/h4-7,11,14-15H,8-10,18H2,1-3H3,(H,20,22)(H3,19,21,23). The molecule has 0 aliphatic carbocycles. The van der Waals surface area contributed by atoms with Crippen molar-refractivity contribution < 1.29 is 9.59 Å². The normalized spacial score (nSPS) is 13.4. The highest BCUT2D eigenvalue weighted by molar-refractivity contribution is 7.98. The highest BCUT2D eigenvalue weighted by Crippen LogP contribution is 2.17. The van der Waals surface area contributed by atoms with Crippen molar-refractivity contribution in [3.63, 3.8) is 0 Å². The van der Waals surface area contributed by atoms with Gasteiger partial charge in [0.2, 0.25) is 5.91 Å². The van der Waals surface area contributed by atoms with E-state index in [1.54, 1.807) is 11.8 Å². The Bertz CT molecular complexity index is 534. The van der Waals surface area contributed by atoms with E-state index in [4.69, 9.17) is 11.5 Å². The molecular formula is C17H28N4O2S. The number of amides is 3. The Balaban J connectivity index is 2.58. The third-order valence-electron chi connectivity index (χ3n) is 3.77. The third-order valence-corrected chi connectivity index (χ3v) is 4.42. The number of carbonyl (C=O) groups excluding carboxylic acids is 2. The summed E-state index contributed by atoms with van der Waals surface area (Å²) in [4.78, 5) is 23.2. The third kappa shape index (κ3) is 6.80.